The third kappa shape index (κ3) is 4.10. The average molecular weight is 349 g/mol. The van der Waals surface area contributed by atoms with E-state index in [-0.39, 0.29) is 5.91 Å². The highest BCUT2D eigenvalue weighted by Crippen LogP contribution is 2.27. The molecule has 0 spiro atoms. The minimum Gasteiger partial charge on any atom is -0.493 e. The lowest BCUT2D eigenvalue weighted by molar-refractivity contribution is 0.102. The Hall–Kier alpha value is -3.54. The van der Waals surface area contributed by atoms with Crippen LogP contribution < -0.4 is 20.1 Å². The number of carbonyl (C=O) groups excluding carboxylic acids is 1. The minimum absolute atomic E-state index is 0.276. The predicted molar refractivity (Wildman–Crippen MR) is 101 cm³/mol. The van der Waals surface area contributed by atoms with Gasteiger partial charge in [-0.15, -0.1) is 0 Å². The van der Waals surface area contributed by atoms with Crippen molar-refractivity contribution in [2.24, 2.45) is 0 Å². The van der Waals surface area contributed by atoms with Crippen molar-refractivity contribution in [3.05, 3.63) is 72.4 Å². The molecule has 0 aliphatic carbocycles. The van der Waals surface area contributed by atoms with Crippen LogP contribution in [0, 0.1) is 0 Å². The Labute approximate surface area is 151 Å². The van der Waals surface area contributed by atoms with Crippen molar-refractivity contribution in [2.45, 2.75) is 0 Å². The van der Waals surface area contributed by atoms with Gasteiger partial charge in [0.05, 0.1) is 26.1 Å². The number of pyridine rings is 1. The molecule has 0 bridgehead atoms. The fourth-order valence-corrected chi connectivity index (χ4v) is 2.40. The maximum Gasteiger partial charge on any atom is 0.256 e. The Kier molecular flexibility index (Phi) is 5.34. The summed E-state index contributed by atoms with van der Waals surface area (Å²) in [6.45, 7) is 0. The van der Waals surface area contributed by atoms with Gasteiger partial charge in [-0.1, -0.05) is 18.2 Å². The van der Waals surface area contributed by atoms with Gasteiger partial charge in [0.25, 0.3) is 5.91 Å². The molecule has 2 N–H and O–H groups in total. The Morgan fingerprint density at radius 3 is 2.31 bits per heavy atom. The number of hydrogen-bond donors (Lipinski definition) is 2. The summed E-state index contributed by atoms with van der Waals surface area (Å²) in [7, 11) is 3.08. The van der Waals surface area contributed by atoms with Gasteiger partial charge in [0.1, 0.15) is 5.82 Å². The Bertz CT molecular complexity index is 881. The highest BCUT2D eigenvalue weighted by atomic mass is 16.5. The summed E-state index contributed by atoms with van der Waals surface area (Å²) in [6, 6.07) is 18.4. The maximum atomic E-state index is 12.4. The van der Waals surface area contributed by atoms with E-state index in [0.29, 0.717) is 22.9 Å². The van der Waals surface area contributed by atoms with Gasteiger partial charge in [0.2, 0.25) is 0 Å². The van der Waals surface area contributed by atoms with Crippen LogP contribution in [-0.2, 0) is 0 Å². The van der Waals surface area contributed by atoms with Gasteiger partial charge >= 0.3 is 0 Å². The highest BCUT2D eigenvalue weighted by Gasteiger charge is 2.11. The largest absolute Gasteiger partial charge is 0.493 e. The summed E-state index contributed by atoms with van der Waals surface area (Å²) >= 11 is 0. The molecule has 6 nitrogen and oxygen atoms in total. The van der Waals surface area contributed by atoms with E-state index in [1.54, 1.807) is 37.6 Å². The number of ether oxygens (including phenoxy) is 2. The average Bonchev–Trinajstić information content (AvgIpc) is 2.69. The third-order valence-electron chi connectivity index (χ3n) is 3.71. The summed E-state index contributed by atoms with van der Waals surface area (Å²) in [6.07, 6.45) is 1.66. The molecule has 6 heteroatoms. The minimum atomic E-state index is -0.276. The van der Waals surface area contributed by atoms with E-state index in [4.69, 9.17) is 9.47 Å². The monoisotopic (exact) mass is 349 g/mol. The van der Waals surface area contributed by atoms with Crippen molar-refractivity contribution in [1.29, 1.82) is 0 Å². The van der Waals surface area contributed by atoms with Gasteiger partial charge < -0.3 is 20.1 Å². The van der Waals surface area contributed by atoms with Crippen molar-refractivity contribution in [3.63, 3.8) is 0 Å². The summed E-state index contributed by atoms with van der Waals surface area (Å²) in [5.74, 6) is 1.25. The Balaban J connectivity index is 1.68. The molecule has 0 aliphatic rings. The lowest BCUT2D eigenvalue weighted by Crippen LogP contribution is -2.13. The van der Waals surface area contributed by atoms with Crippen molar-refractivity contribution < 1.29 is 14.3 Å². The van der Waals surface area contributed by atoms with Gasteiger partial charge in [-0.05, 0) is 42.5 Å². The van der Waals surface area contributed by atoms with Crippen LogP contribution in [0.1, 0.15) is 10.4 Å². The number of rotatable bonds is 6. The van der Waals surface area contributed by atoms with E-state index in [1.165, 1.54) is 7.11 Å². The number of nitrogens with zero attached hydrogens (tertiary/aromatic N) is 1. The molecule has 3 rings (SSSR count). The quantitative estimate of drug-likeness (QED) is 0.701. The zero-order valence-electron chi connectivity index (χ0n) is 14.5. The molecule has 0 aliphatic heterocycles. The predicted octanol–water partition coefficient (Wildman–Crippen LogP) is 4.09. The van der Waals surface area contributed by atoms with E-state index in [9.17, 15) is 4.79 Å². The molecule has 2 aromatic carbocycles. The first-order chi connectivity index (χ1) is 12.7. The standard InChI is InChI=1S/C20H19N3O3/c1-25-17-10-8-14(12-18(17)26-2)20(24)23-19-11-9-16(13-21-19)22-15-6-4-3-5-7-15/h3-13,22H,1-2H3,(H,21,23,24). The molecule has 0 atom stereocenters. The van der Waals surface area contributed by atoms with E-state index in [0.717, 1.165) is 11.4 Å². The number of methoxy groups -OCH3 is 2. The zero-order valence-corrected chi connectivity index (χ0v) is 14.5. The van der Waals surface area contributed by atoms with Crippen molar-refractivity contribution in [1.82, 2.24) is 4.98 Å². The van der Waals surface area contributed by atoms with Crippen molar-refractivity contribution in [3.8, 4) is 11.5 Å². The number of amides is 1. The molecule has 0 fully saturated rings. The zero-order chi connectivity index (χ0) is 18.4. The lowest BCUT2D eigenvalue weighted by atomic mass is 10.2. The number of hydrogen-bond acceptors (Lipinski definition) is 5. The maximum absolute atomic E-state index is 12.4. The van der Waals surface area contributed by atoms with Gasteiger partial charge in [-0.25, -0.2) is 4.98 Å². The number of para-hydroxylation sites is 1. The molecule has 26 heavy (non-hydrogen) atoms. The summed E-state index contributed by atoms with van der Waals surface area (Å²) < 4.78 is 10.4. The fourth-order valence-electron chi connectivity index (χ4n) is 2.40. The molecular formula is C20H19N3O3. The van der Waals surface area contributed by atoms with E-state index in [2.05, 4.69) is 15.6 Å². The number of nitrogens with one attached hydrogen (secondary N) is 2. The van der Waals surface area contributed by atoms with E-state index < -0.39 is 0 Å². The molecule has 3 aromatic rings. The molecule has 0 radical (unpaired) electrons. The SMILES string of the molecule is COc1ccc(C(=O)Nc2ccc(Nc3ccccc3)cn2)cc1OC. The molecule has 0 saturated carbocycles. The topological polar surface area (TPSA) is 72.5 Å². The second kappa shape index (κ2) is 8.02. The smallest absolute Gasteiger partial charge is 0.256 e. The van der Waals surface area contributed by atoms with Gasteiger partial charge in [-0.3, -0.25) is 4.79 Å². The van der Waals surface area contributed by atoms with Crippen LogP contribution in [0.15, 0.2) is 66.9 Å². The van der Waals surface area contributed by atoms with Gasteiger partial charge in [0.15, 0.2) is 11.5 Å². The van der Waals surface area contributed by atoms with E-state index >= 15 is 0 Å². The van der Waals surface area contributed by atoms with Crippen LogP contribution in [0.25, 0.3) is 0 Å². The first kappa shape index (κ1) is 17.3. The lowest BCUT2D eigenvalue weighted by Gasteiger charge is -2.10. The Morgan fingerprint density at radius 1 is 0.885 bits per heavy atom. The van der Waals surface area contributed by atoms with Gasteiger partial charge in [0, 0.05) is 11.3 Å². The van der Waals surface area contributed by atoms with Crippen LogP contribution in [0.5, 0.6) is 11.5 Å². The van der Waals surface area contributed by atoms with Crippen LogP contribution in [-0.4, -0.2) is 25.1 Å². The van der Waals surface area contributed by atoms with Crippen LogP contribution in [0.4, 0.5) is 17.2 Å². The summed E-state index contributed by atoms with van der Waals surface area (Å²) in [5.41, 5.74) is 2.26. The number of aromatic nitrogens is 1. The molecule has 1 heterocycles. The van der Waals surface area contributed by atoms with Crippen molar-refractivity contribution in [2.75, 3.05) is 24.9 Å². The molecule has 132 valence electrons. The molecule has 0 unspecified atom stereocenters. The summed E-state index contributed by atoms with van der Waals surface area (Å²) in [5, 5.41) is 6.00. The van der Waals surface area contributed by atoms with E-state index in [1.807, 2.05) is 36.4 Å². The normalized spacial score (nSPS) is 10.1. The summed E-state index contributed by atoms with van der Waals surface area (Å²) in [4.78, 5) is 16.7. The number of anilines is 3. The number of benzene rings is 2. The van der Waals surface area contributed by atoms with Gasteiger partial charge in [-0.2, -0.15) is 0 Å². The van der Waals surface area contributed by atoms with Crippen LogP contribution in [0.3, 0.4) is 0 Å². The van der Waals surface area contributed by atoms with Crippen LogP contribution >= 0.6 is 0 Å². The number of carbonyl (C=O) groups is 1. The molecule has 1 amide bonds. The first-order valence-corrected chi connectivity index (χ1v) is 8.01. The fraction of sp³-hybridized carbons (Fsp3) is 0.100. The third-order valence-corrected chi connectivity index (χ3v) is 3.71. The molecule has 0 saturated heterocycles. The highest BCUT2D eigenvalue weighted by molar-refractivity contribution is 6.04. The van der Waals surface area contributed by atoms with Crippen LogP contribution in [0.2, 0.25) is 0 Å². The van der Waals surface area contributed by atoms with Crippen molar-refractivity contribution >= 4 is 23.1 Å². The first-order valence-electron chi connectivity index (χ1n) is 8.01. The second-order valence-corrected chi connectivity index (χ2v) is 5.45. The Morgan fingerprint density at radius 2 is 1.65 bits per heavy atom. The molecular weight excluding hydrogens is 330 g/mol. The second-order valence-electron chi connectivity index (χ2n) is 5.45. The molecule has 1 aromatic heterocycles.